The fourth-order valence-electron chi connectivity index (χ4n) is 2.97. The first-order valence-corrected chi connectivity index (χ1v) is 9.59. The highest BCUT2D eigenvalue weighted by Gasteiger charge is 2.33. The van der Waals surface area contributed by atoms with Crippen LogP contribution in [-0.4, -0.2) is 42.3 Å². The molecule has 9 nitrogen and oxygen atoms in total. The van der Waals surface area contributed by atoms with Crippen molar-refractivity contribution in [3.05, 3.63) is 27.8 Å². The Morgan fingerprint density at radius 3 is 2.00 bits per heavy atom. The summed E-state index contributed by atoms with van der Waals surface area (Å²) in [6.45, 7) is 14.2. The van der Waals surface area contributed by atoms with Gasteiger partial charge >= 0.3 is 11.9 Å². The Morgan fingerprint density at radius 2 is 1.60 bits per heavy atom. The lowest BCUT2D eigenvalue weighted by atomic mass is 9.76. The molecular formula is C21H33NO8. The Balaban J connectivity index is 0.000000584. The first-order chi connectivity index (χ1) is 13.7. The highest BCUT2D eigenvalue weighted by molar-refractivity contribution is 5.95. The van der Waals surface area contributed by atoms with Gasteiger partial charge in [-0.3, -0.25) is 14.9 Å². The summed E-state index contributed by atoms with van der Waals surface area (Å²) in [6, 6.07) is 1.93. The highest BCUT2D eigenvalue weighted by atomic mass is 16.6. The van der Waals surface area contributed by atoms with Crippen LogP contribution in [0.1, 0.15) is 65.2 Å². The van der Waals surface area contributed by atoms with Crippen LogP contribution >= 0.6 is 0 Å². The summed E-state index contributed by atoms with van der Waals surface area (Å²) < 4.78 is 14.4. The molecule has 1 aromatic rings. The van der Waals surface area contributed by atoms with E-state index in [9.17, 15) is 24.8 Å². The van der Waals surface area contributed by atoms with E-state index in [0.29, 0.717) is 6.61 Å². The third-order valence-corrected chi connectivity index (χ3v) is 3.79. The average molecular weight is 427 g/mol. The van der Waals surface area contributed by atoms with Crippen molar-refractivity contribution in [1.29, 1.82) is 0 Å². The molecule has 0 aromatic heterocycles. The number of nitro groups is 1. The van der Waals surface area contributed by atoms with E-state index >= 15 is 0 Å². The van der Waals surface area contributed by atoms with Gasteiger partial charge in [0.1, 0.15) is 5.56 Å². The Kier molecular flexibility index (Phi) is 10.3. The molecule has 0 saturated heterocycles. The molecule has 170 valence electrons. The molecule has 0 unspecified atom stereocenters. The van der Waals surface area contributed by atoms with Crippen LogP contribution in [0.5, 0.6) is 11.5 Å². The summed E-state index contributed by atoms with van der Waals surface area (Å²) >= 11 is 0. The van der Waals surface area contributed by atoms with E-state index in [2.05, 4.69) is 25.5 Å². The van der Waals surface area contributed by atoms with Gasteiger partial charge in [-0.2, -0.15) is 0 Å². The van der Waals surface area contributed by atoms with Crippen LogP contribution in [0.4, 0.5) is 5.69 Å². The van der Waals surface area contributed by atoms with Gasteiger partial charge in [0.2, 0.25) is 0 Å². The van der Waals surface area contributed by atoms with E-state index in [0.717, 1.165) is 18.6 Å². The van der Waals surface area contributed by atoms with Gasteiger partial charge in [-0.05, 0) is 39.5 Å². The minimum atomic E-state index is -0.864. The number of ether oxygens (including phenoxy) is 3. The molecule has 0 aliphatic rings. The van der Waals surface area contributed by atoms with E-state index in [-0.39, 0.29) is 40.5 Å². The predicted octanol–water partition coefficient (Wildman–Crippen LogP) is 4.50. The SMILES string of the molecule is CCOC(=O)C(C)(C)CC(C)(C)C.CCOC(=O)c1cc(O)c(OC)cc1[N+](=O)[O-]. The number of nitro benzene ring substituents is 1. The van der Waals surface area contributed by atoms with Gasteiger partial charge in [0, 0.05) is 6.07 Å². The van der Waals surface area contributed by atoms with Crippen molar-refractivity contribution in [3.8, 4) is 11.5 Å². The van der Waals surface area contributed by atoms with Gasteiger partial charge in [0.15, 0.2) is 11.5 Å². The normalized spacial score (nSPS) is 11.1. The van der Waals surface area contributed by atoms with Crippen LogP contribution in [0.3, 0.4) is 0 Å². The van der Waals surface area contributed by atoms with E-state index in [4.69, 9.17) is 9.47 Å². The van der Waals surface area contributed by atoms with E-state index < -0.39 is 16.6 Å². The number of phenols is 1. The molecule has 0 radical (unpaired) electrons. The zero-order chi connectivity index (χ0) is 23.7. The van der Waals surface area contributed by atoms with Crippen molar-refractivity contribution in [1.82, 2.24) is 0 Å². The summed E-state index contributed by atoms with van der Waals surface area (Å²) in [6.07, 6.45) is 0.846. The molecule has 0 bridgehead atoms. The summed E-state index contributed by atoms with van der Waals surface area (Å²) in [4.78, 5) is 33.0. The number of phenolic OH excluding ortho intramolecular Hbond substituents is 1. The molecular weight excluding hydrogens is 394 g/mol. The third kappa shape index (κ3) is 8.67. The molecule has 0 fully saturated rings. The lowest BCUT2D eigenvalue weighted by Crippen LogP contribution is -2.31. The zero-order valence-electron chi connectivity index (χ0n) is 19.0. The summed E-state index contributed by atoms with van der Waals surface area (Å²) in [5.74, 6) is -1.40. The minimum absolute atomic E-state index is 0.0789. The maximum atomic E-state index is 11.5. The molecule has 30 heavy (non-hydrogen) atoms. The van der Waals surface area contributed by atoms with E-state index in [1.54, 1.807) is 6.92 Å². The number of carbonyl (C=O) groups excluding carboxylic acids is 2. The molecule has 0 aliphatic heterocycles. The molecule has 0 atom stereocenters. The van der Waals surface area contributed by atoms with E-state index in [1.807, 2.05) is 20.8 Å². The van der Waals surface area contributed by atoms with Crippen LogP contribution in [0.2, 0.25) is 0 Å². The molecule has 0 amide bonds. The van der Waals surface area contributed by atoms with Crippen molar-refractivity contribution in [2.75, 3.05) is 20.3 Å². The number of hydrogen-bond acceptors (Lipinski definition) is 8. The smallest absolute Gasteiger partial charge is 0.345 e. The van der Waals surface area contributed by atoms with Crippen molar-refractivity contribution in [2.45, 2.75) is 54.9 Å². The molecule has 1 aromatic carbocycles. The number of carbonyl (C=O) groups is 2. The predicted molar refractivity (Wildman–Crippen MR) is 112 cm³/mol. The molecule has 0 heterocycles. The molecule has 1 rings (SSSR count). The lowest BCUT2D eigenvalue weighted by molar-refractivity contribution is -0.385. The van der Waals surface area contributed by atoms with Gasteiger partial charge in [0.25, 0.3) is 5.69 Å². The van der Waals surface area contributed by atoms with Gasteiger partial charge in [-0.25, -0.2) is 4.79 Å². The van der Waals surface area contributed by atoms with Crippen LogP contribution in [-0.2, 0) is 14.3 Å². The number of methoxy groups -OCH3 is 1. The van der Waals surface area contributed by atoms with Gasteiger partial charge in [-0.15, -0.1) is 0 Å². The van der Waals surface area contributed by atoms with Crippen molar-refractivity contribution in [2.24, 2.45) is 10.8 Å². The highest BCUT2D eigenvalue weighted by Crippen LogP contribution is 2.34. The number of esters is 2. The molecule has 9 heteroatoms. The largest absolute Gasteiger partial charge is 0.504 e. The quantitative estimate of drug-likeness (QED) is 0.383. The monoisotopic (exact) mass is 427 g/mol. The number of nitrogens with zero attached hydrogens (tertiary/aromatic N) is 1. The van der Waals surface area contributed by atoms with Gasteiger partial charge in [0.05, 0.1) is 36.7 Å². The second kappa shape index (κ2) is 11.4. The standard InChI is InChI=1S/C11H22O2.C10H11NO6/c1-7-13-9(12)11(5,6)8-10(2,3)4;1-3-17-10(13)6-4-8(12)9(16-2)5-7(6)11(14)15/h7-8H2,1-6H3;4-5,12H,3H2,1-2H3. The molecule has 0 saturated carbocycles. The first-order valence-electron chi connectivity index (χ1n) is 9.59. The Hall–Kier alpha value is -2.84. The van der Waals surface area contributed by atoms with Crippen molar-refractivity contribution >= 4 is 17.6 Å². The van der Waals surface area contributed by atoms with E-state index in [1.165, 1.54) is 7.11 Å². The molecule has 0 aliphatic carbocycles. The Labute approximate surface area is 177 Å². The molecule has 1 N–H and O–H groups in total. The maximum Gasteiger partial charge on any atom is 0.345 e. The minimum Gasteiger partial charge on any atom is -0.504 e. The number of rotatable bonds is 7. The second-order valence-electron chi connectivity index (χ2n) is 8.36. The lowest BCUT2D eigenvalue weighted by Gasteiger charge is -2.30. The Morgan fingerprint density at radius 1 is 1.07 bits per heavy atom. The van der Waals surface area contributed by atoms with Gasteiger partial charge in [-0.1, -0.05) is 20.8 Å². The second-order valence-corrected chi connectivity index (χ2v) is 8.36. The average Bonchev–Trinajstić information content (AvgIpc) is 2.60. The van der Waals surface area contributed by atoms with Crippen molar-refractivity contribution < 1.29 is 33.8 Å². The molecule has 0 spiro atoms. The zero-order valence-corrected chi connectivity index (χ0v) is 19.0. The third-order valence-electron chi connectivity index (χ3n) is 3.79. The van der Waals surface area contributed by atoms with Crippen LogP contribution < -0.4 is 4.74 Å². The summed E-state index contributed by atoms with van der Waals surface area (Å²) in [5, 5.41) is 20.2. The fourth-order valence-corrected chi connectivity index (χ4v) is 2.97. The number of benzene rings is 1. The van der Waals surface area contributed by atoms with Crippen LogP contribution in [0, 0.1) is 20.9 Å². The van der Waals surface area contributed by atoms with Crippen molar-refractivity contribution in [3.63, 3.8) is 0 Å². The summed E-state index contributed by atoms with van der Waals surface area (Å²) in [7, 11) is 1.25. The Bertz CT molecular complexity index is 750. The topological polar surface area (TPSA) is 125 Å². The van der Waals surface area contributed by atoms with Gasteiger partial charge < -0.3 is 19.3 Å². The van der Waals surface area contributed by atoms with Crippen LogP contribution in [0.15, 0.2) is 12.1 Å². The maximum absolute atomic E-state index is 11.5. The first kappa shape index (κ1) is 27.2. The fraction of sp³-hybridized carbons (Fsp3) is 0.619. The van der Waals surface area contributed by atoms with Crippen LogP contribution in [0.25, 0.3) is 0 Å². The summed E-state index contributed by atoms with van der Waals surface area (Å²) in [5.41, 5.74) is -0.988. The number of hydrogen-bond donors (Lipinski definition) is 1. The number of aromatic hydroxyl groups is 1.